The van der Waals surface area contributed by atoms with E-state index in [4.69, 9.17) is 9.47 Å². The zero-order chi connectivity index (χ0) is 31.5. The van der Waals surface area contributed by atoms with E-state index in [1.54, 1.807) is 67.8 Å². The number of benzene rings is 4. The zero-order valence-electron chi connectivity index (χ0n) is 25.1. The summed E-state index contributed by atoms with van der Waals surface area (Å²) in [4.78, 5) is 29.5. The first-order valence-corrected chi connectivity index (χ1v) is 15.7. The van der Waals surface area contributed by atoms with E-state index in [0.29, 0.717) is 12.3 Å². The van der Waals surface area contributed by atoms with Gasteiger partial charge in [0.1, 0.15) is 24.1 Å². The Morgan fingerprint density at radius 3 is 2.09 bits per heavy atom. The molecular formula is C34H37N3O6S. The highest BCUT2D eigenvalue weighted by Gasteiger charge is 2.35. The van der Waals surface area contributed by atoms with E-state index in [-0.39, 0.29) is 35.2 Å². The van der Waals surface area contributed by atoms with Crippen LogP contribution >= 0.6 is 0 Å². The number of ether oxygens (including phenoxy) is 2. The molecule has 1 N–H and O–H groups in total. The van der Waals surface area contributed by atoms with Crippen LogP contribution in [0.1, 0.15) is 18.1 Å². The summed E-state index contributed by atoms with van der Waals surface area (Å²) in [6.45, 7) is 1.63. The Morgan fingerprint density at radius 2 is 1.43 bits per heavy atom. The third kappa shape index (κ3) is 7.76. The zero-order valence-corrected chi connectivity index (χ0v) is 25.9. The number of nitrogens with zero attached hydrogens (tertiary/aromatic N) is 2. The molecule has 0 aliphatic rings. The molecular weight excluding hydrogens is 578 g/mol. The van der Waals surface area contributed by atoms with Crippen LogP contribution in [0, 0.1) is 0 Å². The quantitative estimate of drug-likeness (QED) is 0.221. The number of amides is 2. The van der Waals surface area contributed by atoms with Crippen molar-refractivity contribution in [1.29, 1.82) is 0 Å². The summed E-state index contributed by atoms with van der Waals surface area (Å²) in [7, 11) is -1.24. The number of likely N-dealkylation sites (N-methyl/N-ethyl adjacent to an activating group) is 1. The molecule has 9 nitrogen and oxygen atoms in total. The highest BCUT2D eigenvalue weighted by Crippen LogP contribution is 2.32. The highest BCUT2D eigenvalue weighted by molar-refractivity contribution is 7.92. The predicted octanol–water partition coefficient (Wildman–Crippen LogP) is 4.68. The maximum Gasteiger partial charge on any atom is 0.264 e. The number of sulfonamides is 1. The monoisotopic (exact) mass is 615 g/mol. The molecule has 230 valence electrons. The highest BCUT2D eigenvalue weighted by atomic mass is 32.2. The van der Waals surface area contributed by atoms with Crippen molar-refractivity contribution in [1.82, 2.24) is 10.2 Å². The maximum atomic E-state index is 14.5. The first-order chi connectivity index (χ1) is 21.3. The van der Waals surface area contributed by atoms with Gasteiger partial charge in [0.15, 0.2) is 0 Å². The van der Waals surface area contributed by atoms with Crippen LogP contribution in [0.15, 0.2) is 114 Å². The summed E-state index contributed by atoms with van der Waals surface area (Å²) in [5.41, 5.74) is 1.77. The Morgan fingerprint density at radius 1 is 0.795 bits per heavy atom. The van der Waals surface area contributed by atoms with E-state index in [1.807, 2.05) is 43.3 Å². The fourth-order valence-electron chi connectivity index (χ4n) is 4.88. The lowest BCUT2D eigenvalue weighted by Crippen LogP contribution is -2.53. The van der Waals surface area contributed by atoms with E-state index in [2.05, 4.69) is 5.32 Å². The molecule has 4 rings (SSSR count). The molecule has 0 aliphatic carbocycles. The molecule has 2 amide bonds. The third-order valence-corrected chi connectivity index (χ3v) is 8.85. The Labute approximate surface area is 259 Å². The summed E-state index contributed by atoms with van der Waals surface area (Å²) < 4.78 is 40.1. The lowest BCUT2D eigenvalue weighted by molar-refractivity contribution is -0.140. The molecule has 4 aromatic carbocycles. The molecule has 0 fully saturated rings. The van der Waals surface area contributed by atoms with Crippen LogP contribution in [0.5, 0.6) is 11.5 Å². The van der Waals surface area contributed by atoms with E-state index in [9.17, 15) is 18.0 Å². The third-order valence-electron chi connectivity index (χ3n) is 7.07. The summed E-state index contributed by atoms with van der Waals surface area (Å²) in [6, 6.07) is 30.2. The second-order valence-electron chi connectivity index (χ2n) is 9.97. The molecule has 0 aliphatic heterocycles. The Kier molecular flexibility index (Phi) is 11.0. The van der Waals surface area contributed by atoms with Gasteiger partial charge in [0.2, 0.25) is 11.8 Å². The van der Waals surface area contributed by atoms with Crippen LogP contribution in [0.3, 0.4) is 0 Å². The van der Waals surface area contributed by atoms with Gasteiger partial charge >= 0.3 is 0 Å². The smallest absolute Gasteiger partial charge is 0.264 e. The summed E-state index contributed by atoms with van der Waals surface area (Å²) in [5.74, 6) is -0.0358. The summed E-state index contributed by atoms with van der Waals surface area (Å²) in [6.07, 6.45) is 0.225. The van der Waals surface area contributed by atoms with Gasteiger partial charge in [-0.3, -0.25) is 13.9 Å². The second-order valence-corrected chi connectivity index (χ2v) is 11.8. The maximum absolute atomic E-state index is 14.5. The van der Waals surface area contributed by atoms with Gasteiger partial charge in [-0.05, 0) is 54.4 Å². The van der Waals surface area contributed by atoms with E-state index < -0.39 is 28.5 Å². The predicted molar refractivity (Wildman–Crippen MR) is 170 cm³/mol. The van der Waals surface area contributed by atoms with Gasteiger partial charge < -0.3 is 19.7 Å². The van der Waals surface area contributed by atoms with Gasteiger partial charge in [-0.25, -0.2) is 8.42 Å². The van der Waals surface area contributed by atoms with Crippen molar-refractivity contribution < 1.29 is 27.5 Å². The summed E-state index contributed by atoms with van der Waals surface area (Å²) >= 11 is 0. The van der Waals surface area contributed by atoms with E-state index >= 15 is 0 Å². The second kappa shape index (κ2) is 15.1. The minimum absolute atomic E-state index is 0.0163. The molecule has 1 atom stereocenters. The number of hydrogen-bond donors (Lipinski definition) is 1. The van der Waals surface area contributed by atoms with Gasteiger partial charge in [0.25, 0.3) is 10.0 Å². The van der Waals surface area contributed by atoms with Crippen molar-refractivity contribution in [3.8, 4) is 11.5 Å². The fourth-order valence-corrected chi connectivity index (χ4v) is 6.33. The number of nitrogens with one attached hydrogen (secondary N) is 1. The van der Waals surface area contributed by atoms with Crippen molar-refractivity contribution in [3.63, 3.8) is 0 Å². The minimum Gasteiger partial charge on any atom is -0.497 e. The molecule has 0 saturated heterocycles. The van der Waals surface area contributed by atoms with Crippen molar-refractivity contribution >= 4 is 27.5 Å². The number of carbonyl (C=O) groups is 2. The SMILES string of the molecule is CCNC(=O)[C@H](Cc1ccccc1)N(Cc1cccc(OC)c1)C(=O)CN(c1ccccc1OC)S(=O)(=O)c1ccccc1. The molecule has 4 aromatic rings. The number of anilines is 1. The van der Waals surface area contributed by atoms with E-state index in [1.165, 1.54) is 24.1 Å². The van der Waals surface area contributed by atoms with Crippen molar-refractivity contribution in [3.05, 3.63) is 120 Å². The average Bonchev–Trinajstić information content (AvgIpc) is 3.06. The van der Waals surface area contributed by atoms with Crippen LogP contribution in [-0.4, -0.2) is 58.5 Å². The largest absolute Gasteiger partial charge is 0.497 e. The van der Waals surface area contributed by atoms with Crippen LogP contribution in [0.25, 0.3) is 0 Å². The Bertz CT molecular complexity index is 1650. The van der Waals surface area contributed by atoms with Gasteiger partial charge in [0, 0.05) is 19.5 Å². The molecule has 0 heterocycles. The molecule has 44 heavy (non-hydrogen) atoms. The van der Waals surface area contributed by atoms with Crippen LogP contribution < -0.4 is 19.1 Å². The first kappa shape index (κ1) is 32.1. The van der Waals surface area contributed by atoms with Crippen LogP contribution in [0.2, 0.25) is 0 Å². The van der Waals surface area contributed by atoms with Gasteiger partial charge in [-0.2, -0.15) is 0 Å². The fraction of sp³-hybridized carbons (Fsp3) is 0.235. The molecule has 0 bridgehead atoms. The first-order valence-electron chi connectivity index (χ1n) is 14.2. The van der Waals surface area contributed by atoms with Gasteiger partial charge in [-0.15, -0.1) is 0 Å². The minimum atomic E-state index is -4.23. The lowest BCUT2D eigenvalue weighted by atomic mass is 10.0. The number of hydrogen-bond acceptors (Lipinski definition) is 6. The number of carbonyl (C=O) groups excluding carboxylic acids is 2. The lowest BCUT2D eigenvalue weighted by Gasteiger charge is -2.34. The van der Waals surface area contributed by atoms with Crippen LogP contribution in [0.4, 0.5) is 5.69 Å². The summed E-state index contributed by atoms with van der Waals surface area (Å²) in [5, 5.41) is 2.86. The van der Waals surface area contributed by atoms with Crippen molar-refractivity contribution in [2.45, 2.75) is 30.8 Å². The van der Waals surface area contributed by atoms with Crippen molar-refractivity contribution in [2.24, 2.45) is 0 Å². The molecule has 0 aromatic heterocycles. The standard InChI is InChI=1S/C34H37N3O6S/c1-4-35-34(39)31(23-26-14-7-5-8-15-26)36(24-27-16-13-17-28(22-27)42-2)33(38)25-37(30-20-11-12-21-32(30)43-3)44(40,41)29-18-9-6-10-19-29/h5-22,31H,4,23-25H2,1-3H3,(H,35,39)/t31-/m0/s1. The van der Waals surface area contributed by atoms with E-state index in [0.717, 1.165) is 15.4 Å². The topological polar surface area (TPSA) is 105 Å². The molecule has 0 saturated carbocycles. The van der Waals surface area contributed by atoms with Crippen LogP contribution in [-0.2, 0) is 32.6 Å². The number of rotatable bonds is 14. The van der Waals surface area contributed by atoms with Gasteiger partial charge in [0.05, 0.1) is 24.8 Å². The molecule has 10 heteroatoms. The average molecular weight is 616 g/mol. The normalized spacial score (nSPS) is 11.7. The number of methoxy groups -OCH3 is 2. The molecule has 0 radical (unpaired) electrons. The Hall–Kier alpha value is -4.83. The molecule has 0 spiro atoms. The Balaban J connectivity index is 1.82. The number of para-hydroxylation sites is 2. The van der Waals surface area contributed by atoms with Crippen molar-refractivity contribution in [2.75, 3.05) is 31.6 Å². The van der Waals surface area contributed by atoms with Gasteiger partial charge in [-0.1, -0.05) is 72.8 Å². The molecule has 0 unspecified atom stereocenters.